The molecule has 1 amide bonds. The molecule has 1 aliphatic heterocycles. The van der Waals surface area contributed by atoms with E-state index in [2.05, 4.69) is 10.3 Å². The summed E-state index contributed by atoms with van der Waals surface area (Å²) in [6.07, 6.45) is 0.962. The normalized spacial score (nSPS) is 18.2. The van der Waals surface area contributed by atoms with Gasteiger partial charge in [0.1, 0.15) is 0 Å². The van der Waals surface area contributed by atoms with Crippen LogP contribution in [0.3, 0.4) is 0 Å². The highest BCUT2D eigenvalue weighted by molar-refractivity contribution is 6.00. The van der Waals surface area contributed by atoms with Gasteiger partial charge in [-0.25, -0.2) is 0 Å². The van der Waals surface area contributed by atoms with Crippen LogP contribution < -0.4 is 5.32 Å². The molecular weight excluding hydrogens is 230 g/mol. The van der Waals surface area contributed by atoms with Gasteiger partial charge in [-0.2, -0.15) is 5.06 Å². The summed E-state index contributed by atoms with van der Waals surface area (Å²) in [5.41, 5.74) is 1.73. The molecule has 0 fully saturated rings. The van der Waals surface area contributed by atoms with E-state index in [9.17, 15) is 10.0 Å². The Hall–Kier alpha value is -2.40. The fourth-order valence-corrected chi connectivity index (χ4v) is 1.98. The summed E-state index contributed by atoms with van der Waals surface area (Å²) in [7, 11) is 0. The van der Waals surface area contributed by atoms with E-state index in [0.29, 0.717) is 22.0 Å². The molecule has 2 heterocycles. The topological polar surface area (TPSA) is 65.5 Å². The second kappa shape index (κ2) is 4.12. The number of para-hydroxylation sites is 1. The lowest BCUT2D eigenvalue weighted by molar-refractivity contribution is -0.0860. The van der Waals surface area contributed by atoms with E-state index >= 15 is 0 Å². The van der Waals surface area contributed by atoms with Gasteiger partial charge in [0.2, 0.25) is 0 Å². The maximum atomic E-state index is 12.0. The molecule has 0 aliphatic carbocycles. The monoisotopic (exact) mass is 241 g/mol. The number of rotatable bonds is 1. The minimum absolute atomic E-state index is 0.431. The molecule has 1 aromatic carbocycles. The number of hydroxylamine groups is 2. The number of anilines is 1. The van der Waals surface area contributed by atoms with Gasteiger partial charge in [-0.05, 0) is 24.3 Å². The largest absolute Gasteiger partial charge is 0.358 e. The van der Waals surface area contributed by atoms with Crippen molar-refractivity contribution in [1.82, 2.24) is 10.0 Å². The number of carbonyl (C=O) groups excluding carboxylic acids is 1. The molecule has 5 heteroatoms. The fourth-order valence-electron chi connectivity index (χ4n) is 1.98. The number of hydrogen-bond donors (Lipinski definition) is 2. The first kappa shape index (κ1) is 10.7. The summed E-state index contributed by atoms with van der Waals surface area (Å²) in [6, 6.07) is 12.4. The van der Waals surface area contributed by atoms with Crippen molar-refractivity contribution in [3.63, 3.8) is 0 Å². The minimum Gasteiger partial charge on any atom is -0.358 e. The Labute approximate surface area is 104 Å². The molecule has 18 heavy (non-hydrogen) atoms. The van der Waals surface area contributed by atoms with E-state index < -0.39 is 12.1 Å². The summed E-state index contributed by atoms with van der Waals surface area (Å²) >= 11 is 0. The van der Waals surface area contributed by atoms with Crippen LogP contribution in [0.2, 0.25) is 0 Å². The molecule has 5 nitrogen and oxygen atoms in total. The highest BCUT2D eigenvalue weighted by Crippen LogP contribution is 2.30. The number of amides is 1. The Bertz CT molecular complexity index is 586. The van der Waals surface area contributed by atoms with Crippen LogP contribution in [0.25, 0.3) is 0 Å². The lowest BCUT2D eigenvalue weighted by atomic mass is 10.1. The summed E-state index contributed by atoms with van der Waals surface area (Å²) in [6.45, 7) is 0. The minimum atomic E-state index is -0.659. The summed E-state index contributed by atoms with van der Waals surface area (Å²) in [5, 5.41) is 13.7. The fraction of sp³-hybridized carbons (Fsp3) is 0.0769. The summed E-state index contributed by atoms with van der Waals surface area (Å²) < 4.78 is 0. The molecule has 0 saturated carbocycles. The lowest BCUT2D eigenvalue weighted by Crippen LogP contribution is -2.40. The Morgan fingerprint density at radius 3 is 2.72 bits per heavy atom. The third-order valence-corrected chi connectivity index (χ3v) is 2.87. The molecule has 1 aromatic heterocycles. The summed E-state index contributed by atoms with van der Waals surface area (Å²) in [4.78, 5) is 16.2. The van der Waals surface area contributed by atoms with E-state index in [1.807, 2.05) is 12.1 Å². The number of nitrogens with one attached hydrogen (secondary N) is 1. The number of pyridine rings is 1. The first-order valence-corrected chi connectivity index (χ1v) is 5.56. The van der Waals surface area contributed by atoms with Gasteiger partial charge in [0.05, 0.1) is 11.3 Å². The molecule has 0 bridgehead atoms. The van der Waals surface area contributed by atoms with Gasteiger partial charge < -0.3 is 5.32 Å². The molecule has 90 valence electrons. The van der Waals surface area contributed by atoms with E-state index in [1.54, 1.807) is 36.5 Å². The standard InChI is InChI=1S/C13H11N3O2/c17-13-9-5-1-2-6-10(9)15-12(16(13)18)11-7-3-4-8-14-11/h1-8,12,15,18H. The zero-order chi connectivity index (χ0) is 12.5. The maximum Gasteiger partial charge on any atom is 0.281 e. The summed E-state index contributed by atoms with van der Waals surface area (Å²) in [5.74, 6) is -0.431. The first-order valence-electron chi connectivity index (χ1n) is 5.56. The number of hydrogen-bond acceptors (Lipinski definition) is 4. The molecule has 0 radical (unpaired) electrons. The molecule has 2 aromatic rings. The smallest absolute Gasteiger partial charge is 0.281 e. The Balaban J connectivity index is 2.04. The van der Waals surface area contributed by atoms with E-state index in [-0.39, 0.29) is 0 Å². The van der Waals surface area contributed by atoms with Crippen LogP contribution in [0.15, 0.2) is 48.7 Å². The zero-order valence-corrected chi connectivity index (χ0v) is 9.45. The third kappa shape index (κ3) is 1.61. The third-order valence-electron chi connectivity index (χ3n) is 2.87. The number of carbonyl (C=O) groups is 1. The Kier molecular flexibility index (Phi) is 2.46. The molecule has 3 rings (SSSR count). The van der Waals surface area contributed by atoms with Crippen molar-refractivity contribution in [2.75, 3.05) is 5.32 Å². The zero-order valence-electron chi connectivity index (χ0n) is 9.45. The van der Waals surface area contributed by atoms with Crippen molar-refractivity contribution < 1.29 is 10.0 Å². The molecule has 0 spiro atoms. The molecule has 2 N–H and O–H groups in total. The van der Waals surface area contributed by atoms with Crippen molar-refractivity contribution in [2.45, 2.75) is 6.17 Å². The van der Waals surface area contributed by atoms with Gasteiger partial charge in [0, 0.05) is 11.9 Å². The van der Waals surface area contributed by atoms with Crippen LogP contribution >= 0.6 is 0 Å². The average Bonchev–Trinajstić information content (AvgIpc) is 2.44. The van der Waals surface area contributed by atoms with Crippen molar-refractivity contribution in [2.24, 2.45) is 0 Å². The van der Waals surface area contributed by atoms with E-state index in [4.69, 9.17) is 0 Å². The van der Waals surface area contributed by atoms with Crippen molar-refractivity contribution in [1.29, 1.82) is 0 Å². The van der Waals surface area contributed by atoms with Gasteiger partial charge >= 0.3 is 0 Å². The molecule has 1 unspecified atom stereocenters. The van der Waals surface area contributed by atoms with Crippen molar-refractivity contribution in [3.05, 3.63) is 59.9 Å². The number of nitrogens with zero attached hydrogens (tertiary/aromatic N) is 2. The molecule has 1 atom stereocenters. The second-order valence-corrected chi connectivity index (χ2v) is 4.00. The lowest BCUT2D eigenvalue weighted by Gasteiger charge is -2.32. The maximum absolute atomic E-state index is 12.0. The highest BCUT2D eigenvalue weighted by atomic mass is 16.5. The number of benzene rings is 1. The predicted octanol–water partition coefficient (Wildman–Crippen LogP) is 2.04. The van der Waals surface area contributed by atoms with Crippen LogP contribution in [0.1, 0.15) is 22.2 Å². The highest BCUT2D eigenvalue weighted by Gasteiger charge is 2.32. The molecular formula is C13H11N3O2. The van der Waals surface area contributed by atoms with Crippen LogP contribution in [-0.4, -0.2) is 21.2 Å². The Morgan fingerprint density at radius 1 is 1.17 bits per heavy atom. The molecule has 0 saturated heterocycles. The van der Waals surface area contributed by atoms with Crippen LogP contribution in [-0.2, 0) is 0 Å². The SMILES string of the molecule is O=C1c2ccccc2NC(c2ccccn2)N1O. The van der Waals surface area contributed by atoms with Crippen molar-refractivity contribution >= 4 is 11.6 Å². The first-order chi connectivity index (χ1) is 8.77. The van der Waals surface area contributed by atoms with Crippen molar-refractivity contribution in [3.8, 4) is 0 Å². The van der Waals surface area contributed by atoms with Gasteiger partial charge in [0.25, 0.3) is 5.91 Å². The van der Waals surface area contributed by atoms with Gasteiger partial charge in [-0.3, -0.25) is 15.0 Å². The second-order valence-electron chi connectivity index (χ2n) is 4.00. The van der Waals surface area contributed by atoms with Crippen LogP contribution in [0.4, 0.5) is 5.69 Å². The number of aromatic nitrogens is 1. The van der Waals surface area contributed by atoms with Gasteiger partial charge in [0.15, 0.2) is 6.17 Å². The number of fused-ring (bicyclic) bond motifs is 1. The Morgan fingerprint density at radius 2 is 1.94 bits per heavy atom. The van der Waals surface area contributed by atoms with Gasteiger partial charge in [-0.15, -0.1) is 0 Å². The predicted molar refractivity (Wildman–Crippen MR) is 65.0 cm³/mol. The van der Waals surface area contributed by atoms with E-state index in [0.717, 1.165) is 0 Å². The van der Waals surface area contributed by atoms with E-state index in [1.165, 1.54) is 0 Å². The average molecular weight is 241 g/mol. The van der Waals surface area contributed by atoms with Gasteiger partial charge in [-0.1, -0.05) is 18.2 Å². The molecule has 1 aliphatic rings. The quantitative estimate of drug-likeness (QED) is 0.750. The van der Waals surface area contributed by atoms with Crippen LogP contribution in [0, 0.1) is 0 Å². The van der Waals surface area contributed by atoms with Crippen LogP contribution in [0.5, 0.6) is 0 Å².